The van der Waals surface area contributed by atoms with Crippen molar-refractivity contribution in [1.29, 1.82) is 0 Å². The van der Waals surface area contributed by atoms with Crippen LogP contribution in [-0.4, -0.2) is 10.6 Å². The quantitative estimate of drug-likeness (QED) is 0.865. The van der Waals surface area contributed by atoms with Crippen LogP contribution in [0, 0.1) is 13.8 Å². The molecular formula is C17H28N2O. The van der Waals surface area contributed by atoms with Gasteiger partial charge in [0.1, 0.15) is 0 Å². The van der Waals surface area contributed by atoms with E-state index in [0.29, 0.717) is 6.04 Å². The van der Waals surface area contributed by atoms with E-state index < -0.39 is 0 Å². The molecule has 1 aliphatic carbocycles. The third-order valence-corrected chi connectivity index (χ3v) is 4.49. The Labute approximate surface area is 122 Å². The first-order chi connectivity index (χ1) is 9.63. The van der Waals surface area contributed by atoms with E-state index in [1.54, 1.807) is 0 Å². The zero-order valence-corrected chi connectivity index (χ0v) is 13.2. The molecule has 0 unspecified atom stereocenters. The van der Waals surface area contributed by atoms with Crippen LogP contribution in [0.25, 0.3) is 0 Å². The fraction of sp³-hybridized carbons (Fsp3) is 0.706. The lowest BCUT2D eigenvalue weighted by Crippen LogP contribution is -2.33. The van der Waals surface area contributed by atoms with Crippen LogP contribution in [0.3, 0.4) is 0 Å². The highest BCUT2D eigenvalue weighted by molar-refractivity contribution is 5.26. The van der Waals surface area contributed by atoms with Gasteiger partial charge >= 0.3 is 0 Å². The zero-order chi connectivity index (χ0) is 14.5. The van der Waals surface area contributed by atoms with Crippen LogP contribution in [0.4, 0.5) is 0 Å². The summed E-state index contributed by atoms with van der Waals surface area (Å²) in [6, 6.07) is 2.77. The van der Waals surface area contributed by atoms with Gasteiger partial charge in [0.25, 0.3) is 5.56 Å². The molecule has 1 saturated carbocycles. The molecule has 1 aromatic rings. The van der Waals surface area contributed by atoms with Crippen LogP contribution in [0.15, 0.2) is 10.9 Å². The van der Waals surface area contributed by atoms with E-state index in [4.69, 9.17) is 0 Å². The predicted molar refractivity (Wildman–Crippen MR) is 84.2 cm³/mol. The van der Waals surface area contributed by atoms with E-state index in [2.05, 4.69) is 25.2 Å². The zero-order valence-electron chi connectivity index (χ0n) is 13.2. The minimum atomic E-state index is 0.210. The van der Waals surface area contributed by atoms with E-state index in [1.165, 1.54) is 25.7 Å². The summed E-state index contributed by atoms with van der Waals surface area (Å²) in [5.74, 6) is 0. The molecule has 0 aromatic carbocycles. The molecule has 0 amide bonds. The number of rotatable bonds is 6. The molecule has 1 fully saturated rings. The van der Waals surface area contributed by atoms with Gasteiger partial charge in [-0.1, -0.05) is 26.2 Å². The molecule has 0 atom stereocenters. The lowest BCUT2D eigenvalue weighted by Gasteiger charge is -2.16. The van der Waals surface area contributed by atoms with Crippen molar-refractivity contribution in [2.45, 2.75) is 78.4 Å². The topological polar surface area (TPSA) is 34.0 Å². The van der Waals surface area contributed by atoms with Crippen molar-refractivity contribution < 1.29 is 0 Å². The highest BCUT2D eigenvalue weighted by Gasteiger charge is 2.16. The fourth-order valence-corrected chi connectivity index (χ4v) is 3.16. The van der Waals surface area contributed by atoms with Crippen molar-refractivity contribution in [2.24, 2.45) is 0 Å². The maximum absolute atomic E-state index is 12.6. The number of hydrogen-bond acceptors (Lipinski definition) is 2. The van der Waals surface area contributed by atoms with E-state index in [-0.39, 0.29) is 5.56 Å². The largest absolute Gasteiger partial charge is 0.313 e. The number of aromatic nitrogens is 1. The van der Waals surface area contributed by atoms with Gasteiger partial charge in [-0.05, 0) is 44.7 Å². The van der Waals surface area contributed by atoms with Gasteiger partial charge in [-0.25, -0.2) is 0 Å². The summed E-state index contributed by atoms with van der Waals surface area (Å²) in [7, 11) is 0. The van der Waals surface area contributed by atoms with Crippen molar-refractivity contribution in [2.75, 3.05) is 0 Å². The highest BCUT2D eigenvalue weighted by Crippen LogP contribution is 2.18. The van der Waals surface area contributed by atoms with Crippen LogP contribution in [0.1, 0.15) is 62.3 Å². The molecule has 0 aliphatic heterocycles. The first kappa shape index (κ1) is 15.3. The second kappa shape index (κ2) is 7.07. The van der Waals surface area contributed by atoms with Crippen molar-refractivity contribution in [3.8, 4) is 0 Å². The number of unbranched alkanes of at least 4 members (excludes halogenated alkanes) is 1. The maximum atomic E-state index is 12.6. The molecule has 3 nitrogen and oxygen atoms in total. The highest BCUT2D eigenvalue weighted by atomic mass is 16.1. The second-order valence-electron chi connectivity index (χ2n) is 6.12. The standard InChI is InChI=1S/C17H28N2O/c1-4-5-10-19-14(3)11-13(2)16(17(19)20)12-18-15-8-6-7-9-15/h11,15,18H,4-10,12H2,1-3H3. The molecule has 0 radical (unpaired) electrons. The third-order valence-electron chi connectivity index (χ3n) is 4.49. The summed E-state index contributed by atoms with van der Waals surface area (Å²) in [4.78, 5) is 12.6. The van der Waals surface area contributed by atoms with Gasteiger partial charge < -0.3 is 9.88 Å². The van der Waals surface area contributed by atoms with Gasteiger partial charge in [0, 0.05) is 30.4 Å². The molecule has 1 heterocycles. The van der Waals surface area contributed by atoms with E-state index in [1.807, 2.05) is 11.5 Å². The van der Waals surface area contributed by atoms with Crippen LogP contribution in [-0.2, 0) is 13.1 Å². The molecule has 1 N–H and O–H groups in total. The summed E-state index contributed by atoms with van der Waals surface area (Å²) in [5.41, 5.74) is 3.39. The average molecular weight is 276 g/mol. The van der Waals surface area contributed by atoms with Crippen LogP contribution < -0.4 is 10.9 Å². The first-order valence-corrected chi connectivity index (χ1v) is 8.06. The maximum Gasteiger partial charge on any atom is 0.255 e. The van der Waals surface area contributed by atoms with Gasteiger partial charge in [0.05, 0.1) is 0 Å². The summed E-state index contributed by atoms with van der Waals surface area (Å²) in [6.07, 6.45) is 7.36. The number of pyridine rings is 1. The molecule has 3 heteroatoms. The number of hydrogen-bond donors (Lipinski definition) is 1. The third kappa shape index (κ3) is 3.51. The minimum Gasteiger partial charge on any atom is -0.313 e. The Kier molecular flexibility index (Phi) is 5.41. The van der Waals surface area contributed by atoms with E-state index >= 15 is 0 Å². The second-order valence-corrected chi connectivity index (χ2v) is 6.12. The van der Waals surface area contributed by atoms with Gasteiger partial charge in [-0.3, -0.25) is 4.79 Å². The van der Waals surface area contributed by atoms with Gasteiger partial charge in [0.15, 0.2) is 0 Å². The Hall–Kier alpha value is -1.09. The van der Waals surface area contributed by atoms with Crippen LogP contribution in [0.5, 0.6) is 0 Å². The molecule has 0 saturated heterocycles. The summed E-state index contributed by atoms with van der Waals surface area (Å²) >= 11 is 0. The Morgan fingerprint density at radius 3 is 2.65 bits per heavy atom. The lowest BCUT2D eigenvalue weighted by molar-refractivity contribution is 0.515. The molecule has 1 aromatic heterocycles. The monoisotopic (exact) mass is 276 g/mol. The molecule has 0 bridgehead atoms. The Morgan fingerprint density at radius 2 is 2.00 bits per heavy atom. The Balaban J connectivity index is 2.15. The van der Waals surface area contributed by atoms with Crippen molar-refractivity contribution in [1.82, 2.24) is 9.88 Å². The summed E-state index contributed by atoms with van der Waals surface area (Å²) < 4.78 is 1.95. The van der Waals surface area contributed by atoms with Crippen molar-refractivity contribution in [3.05, 3.63) is 33.2 Å². The Morgan fingerprint density at radius 1 is 1.30 bits per heavy atom. The summed E-state index contributed by atoms with van der Waals surface area (Å²) in [5, 5.41) is 3.57. The average Bonchev–Trinajstić information content (AvgIpc) is 2.91. The minimum absolute atomic E-state index is 0.210. The van der Waals surface area contributed by atoms with E-state index in [0.717, 1.165) is 42.8 Å². The summed E-state index contributed by atoms with van der Waals surface area (Å²) in [6.45, 7) is 7.83. The van der Waals surface area contributed by atoms with Gasteiger partial charge in [-0.2, -0.15) is 0 Å². The Bertz CT molecular complexity index is 498. The molecule has 0 spiro atoms. The van der Waals surface area contributed by atoms with Gasteiger partial charge in [0.2, 0.25) is 0 Å². The lowest BCUT2D eigenvalue weighted by atomic mass is 10.1. The van der Waals surface area contributed by atoms with Crippen LogP contribution in [0.2, 0.25) is 0 Å². The van der Waals surface area contributed by atoms with Crippen molar-refractivity contribution >= 4 is 0 Å². The molecule has 1 aliphatic rings. The SMILES string of the molecule is CCCCn1c(C)cc(C)c(CNC2CCCC2)c1=O. The molecule has 20 heavy (non-hydrogen) atoms. The smallest absolute Gasteiger partial charge is 0.255 e. The van der Waals surface area contributed by atoms with Gasteiger partial charge in [-0.15, -0.1) is 0 Å². The van der Waals surface area contributed by atoms with Crippen LogP contribution >= 0.6 is 0 Å². The molecular weight excluding hydrogens is 248 g/mol. The number of nitrogens with zero attached hydrogens (tertiary/aromatic N) is 1. The first-order valence-electron chi connectivity index (χ1n) is 8.06. The fourth-order valence-electron chi connectivity index (χ4n) is 3.16. The number of aryl methyl sites for hydroxylation is 2. The van der Waals surface area contributed by atoms with Crippen molar-refractivity contribution in [3.63, 3.8) is 0 Å². The number of nitrogens with one attached hydrogen (secondary N) is 1. The molecule has 2 rings (SSSR count). The molecule has 112 valence electrons. The normalized spacial score (nSPS) is 15.9. The predicted octanol–water partition coefficient (Wildman–Crippen LogP) is 3.30. The van der Waals surface area contributed by atoms with E-state index in [9.17, 15) is 4.79 Å².